The molecule has 0 radical (unpaired) electrons. The summed E-state index contributed by atoms with van der Waals surface area (Å²) in [4.78, 5) is 16.2. The molecular weight excluding hydrogens is 242 g/mol. The molecule has 0 aliphatic carbocycles. The molecule has 1 rings (SSSR count). The summed E-state index contributed by atoms with van der Waals surface area (Å²) in [5.74, 6) is -0.117. The molecule has 0 saturated heterocycles. The molecule has 5 nitrogen and oxygen atoms in total. The Hall–Kier alpha value is -1.75. The van der Waals surface area contributed by atoms with Crippen molar-refractivity contribution in [3.8, 4) is 5.75 Å². The smallest absolute Gasteiger partial charge is 0.254 e. The molecule has 0 unspecified atom stereocenters. The normalized spacial score (nSPS) is 10.7. The fraction of sp³-hybridized carbons (Fsp3) is 0.500. The Morgan fingerprint density at radius 2 is 1.95 bits per heavy atom. The van der Waals surface area contributed by atoms with Crippen LogP contribution in [0.4, 0.5) is 5.69 Å². The van der Waals surface area contributed by atoms with Crippen LogP contribution in [0.15, 0.2) is 18.2 Å². The third-order valence-electron chi connectivity index (χ3n) is 2.88. The third kappa shape index (κ3) is 4.44. The number of phenolic OH excluding ortho intramolecular Hbond substituents is 1. The topological polar surface area (TPSA) is 69.8 Å². The number of hydrogen-bond acceptors (Lipinski definition) is 4. The quantitative estimate of drug-likeness (QED) is 0.602. The van der Waals surface area contributed by atoms with Gasteiger partial charge in [0.1, 0.15) is 5.75 Å². The Morgan fingerprint density at radius 3 is 2.47 bits per heavy atom. The van der Waals surface area contributed by atoms with E-state index in [0.717, 1.165) is 13.0 Å². The lowest BCUT2D eigenvalue weighted by Crippen LogP contribution is -2.37. The van der Waals surface area contributed by atoms with Crippen molar-refractivity contribution in [1.29, 1.82) is 0 Å². The van der Waals surface area contributed by atoms with E-state index in [-0.39, 0.29) is 17.3 Å². The standard InChI is InChI=1S/C14H23N3O2/c1-4-7-17(9-8-16(2)3)14(19)11-5-6-12(15)13(18)10-11/h5-6,10,18H,4,7-9,15H2,1-3H3. The molecule has 1 amide bonds. The molecule has 5 heteroatoms. The Balaban J connectivity index is 2.82. The number of carbonyl (C=O) groups is 1. The lowest BCUT2D eigenvalue weighted by Gasteiger charge is -2.24. The predicted molar refractivity (Wildman–Crippen MR) is 77.3 cm³/mol. The van der Waals surface area contributed by atoms with Crippen LogP contribution in [0.1, 0.15) is 23.7 Å². The molecular formula is C14H23N3O2. The summed E-state index contributed by atoms with van der Waals surface area (Å²) in [5, 5.41) is 9.57. The number of phenols is 1. The molecule has 0 spiro atoms. The van der Waals surface area contributed by atoms with E-state index < -0.39 is 0 Å². The van der Waals surface area contributed by atoms with Crippen molar-refractivity contribution in [2.24, 2.45) is 0 Å². The Kier molecular flexibility index (Phi) is 5.63. The van der Waals surface area contributed by atoms with Crippen LogP contribution < -0.4 is 5.73 Å². The Bertz CT molecular complexity index is 433. The molecule has 0 saturated carbocycles. The molecule has 0 atom stereocenters. The first-order chi connectivity index (χ1) is 8.95. The molecule has 3 N–H and O–H groups in total. The molecule has 0 fully saturated rings. The van der Waals surface area contributed by atoms with E-state index in [1.54, 1.807) is 17.0 Å². The van der Waals surface area contributed by atoms with Gasteiger partial charge in [-0.05, 0) is 38.7 Å². The van der Waals surface area contributed by atoms with E-state index in [1.807, 2.05) is 25.9 Å². The second kappa shape index (κ2) is 6.99. The molecule has 1 aromatic carbocycles. The van der Waals surface area contributed by atoms with Crippen molar-refractivity contribution in [2.45, 2.75) is 13.3 Å². The van der Waals surface area contributed by atoms with E-state index in [4.69, 9.17) is 5.73 Å². The first kappa shape index (κ1) is 15.3. The van der Waals surface area contributed by atoms with Crippen molar-refractivity contribution < 1.29 is 9.90 Å². The van der Waals surface area contributed by atoms with E-state index in [9.17, 15) is 9.90 Å². The van der Waals surface area contributed by atoms with Gasteiger partial charge in [0, 0.05) is 25.2 Å². The van der Waals surface area contributed by atoms with Crippen LogP contribution in [0, 0.1) is 0 Å². The number of nitrogen functional groups attached to an aromatic ring is 1. The number of nitrogens with two attached hydrogens (primary N) is 1. The highest BCUT2D eigenvalue weighted by Gasteiger charge is 2.16. The van der Waals surface area contributed by atoms with Crippen molar-refractivity contribution in [1.82, 2.24) is 9.80 Å². The molecule has 0 aliphatic heterocycles. The van der Waals surface area contributed by atoms with E-state index in [2.05, 4.69) is 0 Å². The fourth-order valence-corrected chi connectivity index (χ4v) is 1.76. The highest BCUT2D eigenvalue weighted by Crippen LogP contribution is 2.21. The number of amides is 1. The van der Waals surface area contributed by atoms with Gasteiger partial charge in [0.25, 0.3) is 5.91 Å². The van der Waals surface area contributed by atoms with E-state index in [0.29, 0.717) is 18.7 Å². The van der Waals surface area contributed by atoms with Gasteiger partial charge in [-0.1, -0.05) is 6.92 Å². The second-order valence-electron chi connectivity index (χ2n) is 4.87. The lowest BCUT2D eigenvalue weighted by molar-refractivity contribution is 0.0744. The van der Waals surface area contributed by atoms with Crippen molar-refractivity contribution in [3.05, 3.63) is 23.8 Å². The number of likely N-dealkylation sites (N-methyl/N-ethyl adjacent to an activating group) is 1. The van der Waals surface area contributed by atoms with Crippen LogP contribution in [0.2, 0.25) is 0 Å². The Morgan fingerprint density at radius 1 is 1.26 bits per heavy atom. The van der Waals surface area contributed by atoms with E-state index >= 15 is 0 Å². The van der Waals surface area contributed by atoms with Crippen molar-refractivity contribution in [3.63, 3.8) is 0 Å². The summed E-state index contributed by atoms with van der Waals surface area (Å²) in [5.41, 5.74) is 6.30. The van der Waals surface area contributed by atoms with Gasteiger partial charge in [-0.2, -0.15) is 0 Å². The maximum atomic E-state index is 12.4. The summed E-state index contributed by atoms with van der Waals surface area (Å²) in [7, 11) is 3.95. The maximum Gasteiger partial charge on any atom is 0.254 e. The van der Waals surface area contributed by atoms with Crippen molar-refractivity contribution >= 4 is 11.6 Å². The second-order valence-corrected chi connectivity index (χ2v) is 4.87. The average Bonchev–Trinajstić information content (AvgIpc) is 2.36. The lowest BCUT2D eigenvalue weighted by atomic mass is 10.1. The fourth-order valence-electron chi connectivity index (χ4n) is 1.76. The summed E-state index contributed by atoms with van der Waals surface area (Å²) in [6, 6.07) is 4.63. The molecule has 1 aromatic rings. The molecule has 106 valence electrons. The summed E-state index contributed by atoms with van der Waals surface area (Å²) in [6.45, 7) is 4.23. The van der Waals surface area contributed by atoms with Gasteiger partial charge in [0.2, 0.25) is 0 Å². The van der Waals surface area contributed by atoms with Crippen LogP contribution in [0.3, 0.4) is 0 Å². The summed E-state index contributed by atoms with van der Waals surface area (Å²) < 4.78 is 0. The number of hydrogen-bond donors (Lipinski definition) is 2. The average molecular weight is 265 g/mol. The predicted octanol–water partition coefficient (Wildman–Crippen LogP) is 1.39. The van der Waals surface area contributed by atoms with Gasteiger partial charge >= 0.3 is 0 Å². The van der Waals surface area contributed by atoms with Gasteiger partial charge in [-0.25, -0.2) is 0 Å². The van der Waals surface area contributed by atoms with Gasteiger partial charge in [0.05, 0.1) is 5.69 Å². The molecule has 0 heterocycles. The number of nitrogens with zero attached hydrogens (tertiary/aromatic N) is 2. The zero-order chi connectivity index (χ0) is 14.4. The first-order valence-electron chi connectivity index (χ1n) is 6.48. The maximum absolute atomic E-state index is 12.4. The minimum atomic E-state index is -0.0704. The molecule has 19 heavy (non-hydrogen) atoms. The van der Waals surface area contributed by atoms with Crippen LogP contribution in [-0.4, -0.2) is 54.5 Å². The van der Waals surface area contributed by atoms with Gasteiger partial charge in [-0.15, -0.1) is 0 Å². The largest absolute Gasteiger partial charge is 0.506 e. The number of rotatable bonds is 6. The zero-order valence-electron chi connectivity index (χ0n) is 11.9. The number of benzene rings is 1. The third-order valence-corrected chi connectivity index (χ3v) is 2.88. The number of carbonyl (C=O) groups excluding carboxylic acids is 1. The van der Waals surface area contributed by atoms with Gasteiger partial charge in [-0.3, -0.25) is 4.79 Å². The van der Waals surface area contributed by atoms with Crippen molar-refractivity contribution in [2.75, 3.05) is 39.5 Å². The Labute approximate surface area is 114 Å². The first-order valence-corrected chi connectivity index (χ1v) is 6.48. The summed E-state index contributed by atoms with van der Waals surface area (Å²) >= 11 is 0. The van der Waals surface area contributed by atoms with Crippen LogP contribution in [-0.2, 0) is 0 Å². The SMILES string of the molecule is CCCN(CCN(C)C)C(=O)c1ccc(N)c(O)c1. The minimum Gasteiger partial charge on any atom is -0.506 e. The highest BCUT2D eigenvalue weighted by atomic mass is 16.3. The van der Waals surface area contributed by atoms with Crippen LogP contribution >= 0.6 is 0 Å². The highest BCUT2D eigenvalue weighted by molar-refractivity contribution is 5.95. The number of anilines is 1. The molecule has 0 bridgehead atoms. The zero-order valence-corrected chi connectivity index (χ0v) is 11.9. The monoisotopic (exact) mass is 265 g/mol. The van der Waals surface area contributed by atoms with Gasteiger partial charge < -0.3 is 20.6 Å². The van der Waals surface area contributed by atoms with Crippen LogP contribution in [0.25, 0.3) is 0 Å². The van der Waals surface area contributed by atoms with Gasteiger partial charge in [0.15, 0.2) is 0 Å². The number of aromatic hydroxyl groups is 1. The summed E-state index contributed by atoms with van der Waals surface area (Å²) in [6.07, 6.45) is 0.903. The van der Waals surface area contributed by atoms with E-state index in [1.165, 1.54) is 6.07 Å². The molecule has 0 aromatic heterocycles. The minimum absolute atomic E-state index is 0.0464. The van der Waals surface area contributed by atoms with Crippen LogP contribution in [0.5, 0.6) is 5.75 Å². The molecule has 0 aliphatic rings.